The van der Waals surface area contributed by atoms with Crippen LogP contribution in [0.2, 0.25) is 0 Å². The van der Waals surface area contributed by atoms with Crippen LogP contribution >= 0.6 is 11.3 Å². The van der Waals surface area contributed by atoms with Crippen molar-refractivity contribution in [2.75, 3.05) is 32.7 Å². The largest absolute Gasteiger partial charge is 0.339 e. The van der Waals surface area contributed by atoms with Crippen molar-refractivity contribution in [3.05, 3.63) is 22.4 Å². The number of carbonyl (C=O) groups is 1. The van der Waals surface area contributed by atoms with Crippen molar-refractivity contribution in [1.82, 2.24) is 15.1 Å². The number of nitrogens with one attached hydrogen (secondary N) is 1. The molecule has 1 aliphatic carbocycles. The van der Waals surface area contributed by atoms with Crippen molar-refractivity contribution in [3.63, 3.8) is 0 Å². The number of nitrogens with zero attached hydrogens (tertiary/aromatic N) is 2. The van der Waals surface area contributed by atoms with Gasteiger partial charge in [0.1, 0.15) is 0 Å². The van der Waals surface area contributed by atoms with Crippen molar-refractivity contribution < 1.29 is 4.79 Å². The van der Waals surface area contributed by atoms with Crippen molar-refractivity contribution >= 4 is 17.2 Å². The zero-order chi connectivity index (χ0) is 14.5. The molecule has 1 aromatic heterocycles. The highest BCUT2D eigenvalue weighted by atomic mass is 32.1. The van der Waals surface area contributed by atoms with Gasteiger partial charge in [-0.3, -0.25) is 9.69 Å². The first kappa shape index (κ1) is 15.0. The Kier molecular flexibility index (Phi) is 5.27. The predicted octanol–water partition coefficient (Wildman–Crippen LogP) is 1.92. The highest BCUT2D eigenvalue weighted by Crippen LogP contribution is 2.17. The zero-order valence-corrected chi connectivity index (χ0v) is 13.4. The van der Waals surface area contributed by atoms with E-state index in [4.69, 9.17) is 0 Å². The van der Waals surface area contributed by atoms with Crippen molar-refractivity contribution in [1.29, 1.82) is 0 Å². The first-order valence-electron chi connectivity index (χ1n) is 8.07. The third kappa shape index (κ3) is 4.28. The van der Waals surface area contributed by atoms with Crippen LogP contribution < -0.4 is 5.32 Å². The first-order valence-corrected chi connectivity index (χ1v) is 8.95. The molecule has 0 atom stereocenters. The summed E-state index contributed by atoms with van der Waals surface area (Å²) in [5, 5.41) is 5.55. The normalized spacial score (nSPS) is 21.0. The van der Waals surface area contributed by atoms with Crippen LogP contribution in [0, 0.1) is 0 Å². The maximum absolute atomic E-state index is 12.2. The van der Waals surface area contributed by atoms with E-state index in [0.29, 0.717) is 12.6 Å². The topological polar surface area (TPSA) is 35.6 Å². The highest BCUT2D eigenvalue weighted by Gasteiger charge is 2.22. The van der Waals surface area contributed by atoms with Crippen LogP contribution in [0.1, 0.15) is 30.6 Å². The van der Waals surface area contributed by atoms with E-state index >= 15 is 0 Å². The van der Waals surface area contributed by atoms with E-state index in [0.717, 1.165) is 32.7 Å². The summed E-state index contributed by atoms with van der Waals surface area (Å²) >= 11 is 1.81. The Morgan fingerprint density at radius 3 is 2.67 bits per heavy atom. The molecule has 2 aliphatic rings. The molecule has 21 heavy (non-hydrogen) atoms. The van der Waals surface area contributed by atoms with Gasteiger partial charge in [0.2, 0.25) is 5.91 Å². The van der Waals surface area contributed by atoms with Gasteiger partial charge in [0.25, 0.3) is 0 Å². The lowest BCUT2D eigenvalue weighted by Crippen LogP contribution is -2.51. The van der Waals surface area contributed by atoms with Gasteiger partial charge in [-0.2, -0.15) is 0 Å². The molecule has 116 valence electrons. The second-order valence-corrected chi connectivity index (χ2v) is 7.13. The molecule has 1 saturated heterocycles. The molecule has 0 radical (unpaired) electrons. The second-order valence-electron chi connectivity index (χ2n) is 6.10. The molecular formula is C16H25N3OS. The van der Waals surface area contributed by atoms with Gasteiger partial charge < -0.3 is 10.2 Å². The van der Waals surface area contributed by atoms with Crippen LogP contribution in [0.3, 0.4) is 0 Å². The number of piperazine rings is 1. The smallest absolute Gasteiger partial charge is 0.236 e. The molecule has 1 amide bonds. The molecule has 2 heterocycles. The van der Waals surface area contributed by atoms with Crippen LogP contribution in [-0.2, 0) is 11.3 Å². The van der Waals surface area contributed by atoms with Crippen molar-refractivity contribution in [3.8, 4) is 0 Å². The summed E-state index contributed by atoms with van der Waals surface area (Å²) in [6, 6.07) is 4.87. The van der Waals surface area contributed by atoms with Crippen LogP contribution in [0.25, 0.3) is 0 Å². The second kappa shape index (κ2) is 7.38. The molecule has 5 heteroatoms. The molecule has 4 nitrogen and oxygen atoms in total. The number of rotatable bonds is 5. The van der Waals surface area contributed by atoms with Crippen LogP contribution in [0.4, 0.5) is 0 Å². The maximum atomic E-state index is 12.2. The Morgan fingerprint density at radius 2 is 2.00 bits per heavy atom. The fourth-order valence-corrected chi connectivity index (χ4v) is 4.00. The van der Waals surface area contributed by atoms with Gasteiger partial charge in [0, 0.05) is 43.6 Å². The van der Waals surface area contributed by atoms with Crippen LogP contribution in [-0.4, -0.2) is 54.5 Å². The molecule has 1 aliphatic heterocycles. The Balaban J connectivity index is 1.37. The number of thiophene rings is 1. The molecule has 2 fully saturated rings. The van der Waals surface area contributed by atoms with Gasteiger partial charge in [0.05, 0.1) is 6.54 Å². The summed E-state index contributed by atoms with van der Waals surface area (Å²) in [5.41, 5.74) is 0. The SMILES string of the molecule is O=C(CNC1CCCC1)N1CCN(Cc2cccs2)CC1. The fourth-order valence-electron chi connectivity index (χ4n) is 3.25. The number of hydrogen-bond donors (Lipinski definition) is 1. The van der Waals surface area contributed by atoms with E-state index in [9.17, 15) is 4.79 Å². The summed E-state index contributed by atoms with van der Waals surface area (Å²) in [6.45, 7) is 5.28. The first-order chi connectivity index (χ1) is 10.3. The van der Waals surface area contributed by atoms with Gasteiger partial charge in [0.15, 0.2) is 0 Å². The van der Waals surface area contributed by atoms with Gasteiger partial charge in [-0.1, -0.05) is 18.9 Å². The van der Waals surface area contributed by atoms with Crippen molar-refractivity contribution in [2.24, 2.45) is 0 Å². The summed E-state index contributed by atoms with van der Waals surface area (Å²) in [4.78, 5) is 18.1. The van der Waals surface area contributed by atoms with E-state index in [1.54, 1.807) is 0 Å². The highest BCUT2D eigenvalue weighted by molar-refractivity contribution is 7.09. The van der Waals surface area contributed by atoms with Gasteiger partial charge in [-0.15, -0.1) is 11.3 Å². The number of amides is 1. The monoisotopic (exact) mass is 307 g/mol. The minimum atomic E-state index is 0.276. The van der Waals surface area contributed by atoms with Gasteiger partial charge in [-0.05, 0) is 24.3 Å². The Hall–Kier alpha value is -0.910. The third-order valence-corrected chi connectivity index (χ3v) is 5.44. The molecule has 1 aromatic rings. The third-order valence-electron chi connectivity index (χ3n) is 4.58. The maximum Gasteiger partial charge on any atom is 0.236 e. The Bertz CT molecular complexity index is 434. The van der Waals surface area contributed by atoms with Gasteiger partial charge >= 0.3 is 0 Å². The lowest BCUT2D eigenvalue weighted by molar-refractivity contribution is -0.132. The Morgan fingerprint density at radius 1 is 1.24 bits per heavy atom. The summed E-state index contributed by atoms with van der Waals surface area (Å²) in [6.07, 6.45) is 5.10. The predicted molar refractivity (Wildman–Crippen MR) is 86.4 cm³/mol. The average molecular weight is 307 g/mol. The van der Waals surface area contributed by atoms with E-state index in [1.165, 1.54) is 30.6 Å². The summed E-state index contributed by atoms with van der Waals surface area (Å²) < 4.78 is 0. The summed E-state index contributed by atoms with van der Waals surface area (Å²) in [5.74, 6) is 0.276. The number of hydrogen-bond acceptors (Lipinski definition) is 4. The van der Waals surface area contributed by atoms with E-state index in [2.05, 4.69) is 27.7 Å². The van der Waals surface area contributed by atoms with Crippen LogP contribution in [0.15, 0.2) is 17.5 Å². The molecule has 1 N–H and O–H groups in total. The zero-order valence-electron chi connectivity index (χ0n) is 12.6. The number of carbonyl (C=O) groups excluding carboxylic acids is 1. The fraction of sp³-hybridized carbons (Fsp3) is 0.688. The summed E-state index contributed by atoms with van der Waals surface area (Å²) in [7, 11) is 0. The molecular weight excluding hydrogens is 282 g/mol. The molecule has 3 rings (SSSR count). The van der Waals surface area contributed by atoms with Crippen LogP contribution in [0.5, 0.6) is 0 Å². The average Bonchev–Trinajstić information content (AvgIpc) is 3.19. The minimum absolute atomic E-state index is 0.276. The van der Waals surface area contributed by atoms with E-state index < -0.39 is 0 Å². The lowest BCUT2D eigenvalue weighted by Gasteiger charge is -2.34. The molecule has 0 bridgehead atoms. The standard InChI is InChI=1S/C16H25N3OS/c20-16(12-17-14-4-1-2-5-14)19-9-7-18(8-10-19)13-15-6-3-11-21-15/h3,6,11,14,17H,1-2,4-5,7-10,12-13H2. The molecule has 0 aromatic carbocycles. The lowest BCUT2D eigenvalue weighted by atomic mass is 10.2. The molecule has 0 unspecified atom stereocenters. The van der Waals surface area contributed by atoms with Crippen molar-refractivity contribution in [2.45, 2.75) is 38.3 Å². The molecule has 1 saturated carbocycles. The van der Waals surface area contributed by atoms with Gasteiger partial charge in [-0.25, -0.2) is 0 Å². The van der Waals surface area contributed by atoms with E-state index in [-0.39, 0.29) is 5.91 Å². The Labute approximate surface area is 131 Å². The molecule has 0 spiro atoms. The van der Waals surface area contributed by atoms with E-state index in [1.807, 2.05) is 16.2 Å². The minimum Gasteiger partial charge on any atom is -0.339 e. The quantitative estimate of drug-likeness (QED) is 0.903.